The molecule has 5 heteroatoms. The zero-order chi connectivity index (χ0) is 13.2. The molecule has 5 nitrogen and oxygen atoms in total. The molecule has 0 aromatic heterocycles. The van der Waals surface area contributed by atoms with Crippen LogP contribution in [0.2, 0.25) is 0 Å². The van der Waals surface area contributed by atoms with E-state index in [0.717, 1.165) is 45.3 Å². The van der Waals surface area contributed by atoms with Crippen molar-refractivity contribution in [3.05, 3.63) is 0 Å². The van der Waals surface area contributed by atoms with Gasteiger partial charge >= 0.3 is 0 Å². The highest BCUT2D eigenvalue weighted by Gasteiger charge is 2.33. The Morgan fingerprint density at radius 1 is 1.16 bits per heavy atom. The molecule has 108 valence electrons. The Kier molecular flexibility index (Phi) is 4.05. The van der Waals surface area contributed by atoms with Crippen LogP contribution in [0.4, 0.5) is 0 Å². The SMILES string of the molecule is O=C(C1CCC1)N1CCC(N[C@@H]2CNC[C@H]2O)CC1. The van der Waals surface area contributed by atoms with E-state index in [1.165, 1.54) is 6.42 Å². The number of likely N-dealkylation sites (tertiary alicyclic amines) is 1. The van der Waals surface area contributed by atoms with Gasteiger partial charge < -0.3 is 20.6 Å². The highest BCUT2D eigenvalue weighted by atomic mass is 16.3. The zero-order valence-corrected chi connectivity index (χ0v) is 11.5. The lowest BCUT2D eigenvalue weighted by Gasteiger charge is -2.37. The number of carbonyl (C=O) groups is 1. The van der Waals surface area contributed by atoms with Gasteiger partial charge in [-0.1, -0.05) is 6.42 Å². The van der Waals surface area contributed by atoms with E-state index in [1.807, 2.05) is 4.90 Å². The lowest BCUT2D eigenvalue weighted by atomic mass is 9.84. The van der Waals surface area contributed by atoms with Gasteiger partial charge in [0.05, 0.1) is 6.10 Å². The molecule has 2 aliphatic heterocycles. The Labute approximate surface area is 114 Å². The molecule has 3 fully saturated rings. The summed E-state index contributed by atoms with van der Waals surface area (Å²) in [5.41, 5.74) is 0. The van der Waals surface area contributed by atoms with Crippen molar-refractivity contribution in [2.75, 3.05) is 26.2 Å². The van der Waals surface area contributed by atoms with E-state index < -0.39 is 0 Å². The molecule has 2 saturated heterocycles. The predicted molar refractivity (Wildman–Crippen MR) is 72.7 cm³/mol. The van der Waals surface area contributed by atoms with Crippen molar-refractivity contribution in [2.24, 2.45) is 5.92 Å². The van der Waals surface area contributed by atoms with Crippen molar-refractivity contribution in [3.63, 3.8) is 0 Å². The smallest absolute Gasteiger partial charge is 0.225 e. The summed E-state index contributed by atoms with van der Waals surface area (Å²) in [6.45, 7) is 3.30. The van der Waals surface area contributed by atoms with Gasteiger partial charge in [-0.05, 0) is 25.7 Å². The molecule has 0 aromatic carbocycles. The molecule has 0 aromatic rings. The molecule has 3 N–H and O–H groups in total. The molecule has 19 heavy (non-hydrogen) atoms. The van der Waals surface area contributed by atoms with Gasteiger partial charge in [-0.25, -0.2) is 0 Å². The first-order valence-corrected chi connectivity index (χ1v) is 7.67. The maximum Gasteiger partial charge on any atom is 0.225 e. The third kappa shape index (κ3) is 2.93. The molecular weight excluding hydrogens is 242 g/mol. The Hall–Kier alpha value is -0.650. The number of rotatable bonds is 3. The monoisotopic (exact) mass is 267 g/mol. The number of β-amino-alcohol motifs (C(OH)–C–C–N with tert-alkyl or cyclic N) is 1. The number of amides is 1. The minimum Gasteiger partial charge on any atom is -0.390 e. The number of aliphatic hydroxyl groups is 1. The van der Waals surface area contributed by atoms with Crippen LogP contribution in [0.1, 0.15) is 32.1 Å². The van der Waals surface area contributed by atoms with Gasteiger partial charge in [-0.15, -0.1) is 0 Å². The van der Waals surface area contributed by atoms with Crippen LogP contribution in [0.25, 0.3) is 0 Å². The number of hydrogen-bond donors (Lipinski definition) is 3. The standard InChI is InChI=1S/C14H25N3O2/c18-13-9-15-8-12(13)16-11-4-6-17(7-5-11)14(19)10-2-1-3-10/h10-13,15-16,18H,1-9H2/t12-,13-/m1/s1. The minimum absolute atomic E-state index is 0.180. The van der Waals surface area contributed by atoms with Crippen molar-refractivity contribution < 1.29 is 9.90 Å². The van der Waals surface area contributed by atoms with Gasteiger partial charge in [0.15, 0.2) is 0 Å². The van der Waals surface area contributed by atoms with Gasteiger partial charge in [0.2, 0.25) is 5.91 Å². The molecule has 2 atom stereocenters. The lowest BCUT2D eigenvalue weighted by molar-refractivity contribution is -0.139. The van der Waals surface area contributed by atoms with E-state index in [9.17, 15) is 9.90 Å². The van der Waals surface area contributed by atoms with Crippen molar-refractivity contribution in [1.82, 2.24) is 15.5 Å². The fourth-order valence-electron chi connectivity index (χ4n) is 3.32. The lowest BCUT2D eigenvalue weighted by Crippen LogP contribution is -2.52. The Morgan fingerprint density at radius 3 is 2.42 bits per heavy atom. The summed E-state index contributed by atoms with van der Waals surface area (Å²) < 4.78 is 0. The maximum absolute atomic E-state index is 12.1. The molecule has 1 saturated carbocycles. The van der Waals surface area contributed by atoms with E-state index in [4.69, 9.17) is 0 Å². The van der Waals surface area contributed by atoms with Crippen LogP contribution in [-0.4, -0.2) is 60.3 Å². The van der Waals surface area contributed by atoms with Crippen molar-refractivity contribution in [2.45, 2.75) is 50.3 Å². The van der Waals surface area contributed by atoms with Crippen LogP contribution >= 0.6 is 0 Å². The third-order valence-corrected chi connectivity index (χ3v) is 4.89. The fourth-order valence-corrected chi connectivity index (χ4v) is 3.32. The minimum atomic E-state index is -0.269. The first-order valence-electron chi connectivity index (χ1n) is 7.67. The highest BCUT2D eigenvalue weighted by Crippen LogP contribution is 2.29. The molecule has 0 bridgehead atoms. The Morgan fingerprint density at radius 2 is 1.89 bits per heavy atom. The summed E-state index contributed by atoms with van der Waals surface area (Å²) >= 11 is 0. The topological polar surface area (TPSA) is 64.6 Å². The molecule has 1 aliphatic carbocycles. The van der Waals surface area contributed by atoms with Crippen molar-refractivity contribution in [3.8, 4) is 0 Å². The first-order chi connectivity index (χ1) is 9.24. The van der Waals surface area contributed by atoms with Gasteiger partial charge in [0.1, 0.15) is 0 Å². The zero-order valence-electron chi connectivity index (χ0n) is 11.5. The predicted octanol–water partition coefficient (Wildman–Crippen LogP) is -0.300. The molecule has 2 heterocycles. The second-order valence-electron chi connectivity index (χ2n) is 6.23. The Bertz CT molecular complexity index is 325. The normalized spacial score (nSPS) is 33.4. The maximum atomic E-state index is 12.1. The summed E-state index contributed by atoms with van der Waals surface area (Å²) in [6.07, 6.45) is 5.17. The number of carbonyl (C=O) groups excluding carboxylic acids is 1. The average molecular weight is 267 g/mol. The van der Waals surface area contributed by atoms with Crippen LogP contribution in [0.15, 0.2) is 0 Å². The van der Waals surface area contributed by atoms with Crippen LogP contribution < -0.4 is 10.6 Å². The average Bonchev–Trinajstić information content (AvgIpc) is 2.74. The van der Waals surface area contributed by atoms with Gasteiger partial charge in [0, 0.05) is 44.2 Å². The summed E-state index contributed by atoms with van der Waals surface area (Å²) in [6, 6.07) is 0.629. The summed E-state index contributed by atoms with van der Waals surface area (Å²) in [5.74, 6) is 0.706. The highest BCUT2D eigenvalue weighted by molar-refractivity contribution is 5.79. The summed E-state index contributed by atoms with van der Waals surface area (Å²) in [5, 5.41) is 16.5. The van der Waals surface area contributed by atoms with Gasteiger partial charge in [-0.3, -0.25) is 4.79 Å². The molecule has 3 aliphatic rings. The molecular formula is C14H25N3O2. The number of aliphatic hydroxyl groups excluding tert-OH is 1. The molecule has 0 spiro atoms. The summed E-state index contributed by atoms with van der Waals surface area (Å²) in [7, 11) is 0. The fraction of sp³-hybridized carbons (Fsp3) is 0.929. The second kappa shape index (κ2) is 5.77. The van der Waals surface area contributed by atoms with E-state index >= 15 is 0 Å². The first kappa shape index (κ1) is 13.3. The van der Waals surface area contributed by atoms with Crippen LogP contribution in [0, 0.1) is 5.92 Å². The van der Waals surface area contributed by atoms with E-state index in [0.29, 0.717) is 24.4 Å². The van der Waals surface area contributed by atoms with Crippen LogP contribution in [-0.2, 0) is 4.79 Å². The molecule has 3 rings (SSSR count). The van der Waals surface area contributed by atoms with Crippen LogP contribution in [0.5, 0.6) is 0 Å². The van der Waals surface area contributed by atoms with Gasteiger partial charge in [-0.2, -0.15) is 0 Å². The second-order valence-corrected chi connectivity index (χ2v) is 6.23. The molecule has 1 amide bonds. The van der Waals surface area contributed by atoms with Crippen molar-refractivity contribution in [1.29, 1.82) is 0 Å². The van der Waals surface area contributed by atoms with Crippen LogP contribution in [0.3, 0.4) is 0 Å². The van der Waals surface area contributed by atoms with E-state index in [2.05, 4.69) is 10.6 Å². The third-order valence-electron chi connectivity index (χ3n) is 4.89. The Balaban J connectivity index is 1.42. The number of hydrogen-bond acceptors (Lipinski definition) is 4. The van der Waals surface area contributed by atoms with Crippen molar-refractivity contribution >= 4 is 5.91 Å². The quantitative estimate of drug-likeness (QED) is 0.657. The number of nitrogens with zero attached hydrogens (tertiary/aromatic N) is 1. The number of piperidine rings is 1. The number of nitrogens with one attached hydrogen (secondary N) is 2. The van der Waals surface area contributed by atoms with E-state index in [1.54, 1.807) is 0 Å². The summed E-state index contributed by atoms with van der Waals surface area (Å²) in [4.78, 5) is 14.2. The van der Waals surface area contributed by atoms with Gasteiger partial charge in [0.25, 0.3) is 0 Å². The molecule has 0 unspecified atom stereocenters. The van der Waals surface area contributed by atoms with E-state index in [-0.39, 0.29) is 12.1 Å². The molecule has 0 radical (unpaired) electrons. The largest absolute Gasteiger partial charge is 0.390 e.